The van der Waals surface area contributed by atoms with E-state index in [1.807, 2.05) is 18.2 Å². The van der Waals surface area contributed by atoms with Crippen molar-refractivity contribution >= 4 is 17.8 Å². The van der Waals surface area contributed by atoms with E-state index in [0.717, 1.165) is 5.69 Å². The van der Waals surface area contributed by atoms with E-state index in [4.69, 9.17) is 0 Å². The highest BCUT2D eigenvalue weighted by Gasteiger charge is 2.20. The highest BCUT2D eigenvalue weighted by atomic mass is 16.2. The van der Waals surface area contributed by atoms with Gasteiger partial charge in [-0.3, -0.25) is 4.79 Å². The third kappa shape index (κ3) is 1.98. The summed E-state index contributed by atoms with van der Waals surface area (Å²) >= 11 is 0. The fourth-order valence-electron chi connectivity index (χ4n) is 1.67. The monoisotopic (exact) mass is 216 g/mol. The molecular formula is C13H16N2O. The molecule has 0 unspecified atom stereocenters. The van der Waals surface area contributed by atoms with E-state index in [9.17, 15) is 4.79 Å². The lowest BCUT2D eigenvalue weighted by Crippen LogP contribution is -2.20. The molecule has 0 saturated heterocycles. The highest BCUT2D eigenvalue weighted by Crippen LogP contribution is 2.27. The van der Waals surface area contributed by atoms with Crippen molar-refractivity contribution in [3.8, 4) is 0 Å². The normalized spacial score (nSPS) is 15.9. The Morgan fingerprint density at radius 1 is 1.31 bits per heavy atom. The van der Waals surface area contributed by atoms with Crippen LogP contribution in [0.5, 0.6) is 0 Å². The molecule has 1 heterocycles. The first-order chi connectivity index (χ1) is 7.48. The second kappa shape index (κ2) is 3.74. The lowest BCUT2D eigenvalue weighted by Gasteiger charge is -2.21. The zero-order valence-corrected chi connectivity index (χ0v) is 9.90. The van der Waals surface area contributed by atoms with Crippen molar-refractivity contribution in [1.29, 1.82) is 0 Å². The van der Waals surface area contributed by atoms with Crippen LogP contribution in [0, 0.1) is 0 Å². The van der Waals surface area contributed by atoms with Gasteiger partial charge in [0.15, 0.2) is 0 Å². The van der Waals surface area contributed by atoms with E-state index in [1.54, 1.807) is 6.21 Å². The SMILES string of the molecule is CC(C)(C)c1cccc(N2N=CCC2=O)c1. The minimum atomic E-state index is 0.0334. The Morgan fingerprint density at radius 2 is 2.06 bits per heavy atom. The second-order valence-corrected chi connectivity index (χ2v) is 5.01. The van der Waals surface area contributed by atoms with Crippen molar-refractivity contribution in [2.45, 2.75) is 32.6 Å². The van der Waals surface area contributed by atoms with Gasteiger partial charge in [-0.25, -0.2) is 5.01 Å². The molecule has 1 aliphatic rings. The van der Waals surface area contributed by atoms with Crippen molar-refractivity contribution in [3.05, 3.63) is 29.8 Å². The summed E-state index contributed by atoms with van der Waals surface area (Å²) in [7, 11) is 0. The van der Waals surface area contributed by atoms with Gasteiger partial charge < -0.3 is 0 Å². The molecule has 0 atom stereocenters. The molecule has 1 aliphatic heterocycles. The van der Waals surface area contributed by atoms with E-state index < -0.39 is 0 Å². The maximum absolute atomic E-state index is 11.5. The van der Waals surface area contributed by atoms with E-state index >= 15 is 0 Å². The van der Waals surface area contributed by atoms with Crippen LogP contribution in [0.1, 0.15) is 32.8 Å². The summed E-state index contributed by atoms with van der Waals surface area (Å²) in [6.45, 7) is 6.46. The molecule has 0 bridgehead atoms. The van der Waals surface area contributed by atoms with Gasteiger partial charge in [-0.2, -0.15) is 5.10 Å². The van der Waals surface area contributed by atoms with Crippen molar-refractivity contribution in [2.24, 2.45) is 5.10 Å². The van der Waals surface area contributed by atoms with Gasteiger partial charge in [-0.15, -0.1) is 0 Å². The van der Waals surface area contributed by atoms with Crippen LogP contribution in [0.15, 0.2) is 29.4 Å². The Bertz CT molecular complexity index is 443. The third-order valence-corrected chi connectivity index (χ3v) is 2.66. The molecule has 0 saturated carbocycles. The minimum Gasteiger partial charge on any atom is -0.272 e. The van der Waals surface area contributed by atoms with Gasteiger partial charge in [0.2, 0.25) is 0 Å². The first-order valence-electron chi connectivity index (χ1n) is 5.44. The van der Waals surface area contributed by atoms with E-state index in [-0.39, 0.29) is 11.3 Å². The Labute approximate surface area is 95.8 Å². The summed E-state index contributed by atoms with van der Waals surface area (Å²) in [6, 6.07) is 7.99. The molecule has 0 aromatic heterocycles. The second-order valence-electron chi connectivity index (χ2n) is 5.01. The first-order valence-corrected chi connectivity index (χ1v) is 5.44. The van der Waals surface area contributed by atoms with Crippen LogP contribution in [-0.2, 0) is 10.2 Å². The van der Waals surface area contributed by atoms with Gasteiger partial charge in [-0.05, 0) is 23.1 Å². The number of amides is 1. The van der Waals surface area contributed by atoms with Gasteiger partial charge in [0.25, 0.3) is 5.91 Å². The lowest BCUT2D eigenvalue weighted by molar-refractivity contribution is -0.116. The Hall–Kier alpha value is -1.64. The number of hydrogen-bond acceptors (Lipinski definition) is 2. The molecule has 2 rings (SSSR count). The molecule has 0 radical (unpaired) electrons. The fraction of sp³-hybridized carbons (Fsp3) is 0.385. The quantitative estimate of drug-likeness (QED) is 0.710. The number of hydrogen-bond donors (Lipinski definition) is 0. The predicted molar refractivity (Wildman–Crippen MR) is 65.7 cm³/mol. The molecule has 84 valence electrons. The summed E-state index contributed by atoms with van der Waals surface area (Å²) < 4.78 is 0. The van der Waals surface area contributed by atoms with Crippen LogP contribution in [-0.4, -0.2) is 12.1 Å². The number of rotatable bonds is 1. The predicted octanol–water partition coefficient (Wildman–Crippen LogP) is 2.71. The van der Waals surface area contributed by atoms with Gasteiger partial charge in [0.1, 0.15) is 0 Å². The van der Waals surface area contributed by atoms with Crippen molar-refractivity contribution < 1.29 is 4.79 Å². The van der Waals surface area contributed by atoms with Crippen LogP contribution in [0.25, 0.3) is 0 Å². The summed E-state index contributed by atoms with van der Waals surface area (Å²) in [5.74, 6) is 0.0334. The van der Waals surface area contributed by atoms with Crippen LogP contribution < -0.4 is 5.01 Å². The van der Waals surface area contributed by atoms with E-state index in [2.05, 4.69) is 31.9 Å². The van der Waals surface area contributed by atoms with Crippen molar-refractivity contribution in [2.75, 3.05) is 5.01 Å². The molecule has 3 heteroatoms. The smallest absolute Gasteiger partial charge is 0.252 e. The van der Waals surface area contributed by atoms with Crippen LogP contribution in [0.4, 0.5) is 5.69 Å². The van der Waals surface area contributed by atoms with Gasteiger partial charge in [-0.1, -0.05) is 32.9 Å². The maximum atomic E-state index is 11.5. The molecule has 0 N–H and O–H groups in total. The van der Waals surface area contributed by atoms with Crippen molar-refractivity contribution in [3.63, 3.8) is 0 Å². The summed E-state index contributed by atoms with van der Waals surface area (Å²) in [4.78, 5) is 11.5. The molecule has 1 amide bonds. The number of hydrazone groups is 1. The van der Waals surface area contributed by atoms with E-state index in [0.29, 0.717) is 6.42 Å². The maximum Gasteiger partial charge on any atom is 0.252 e. The Kier molecular flexibility index (Phi) is 2.54. The van der Waals surface area contributed by atoms with Gasteiger partial charge in [0.05, 0.1) is 12.1 Å². The topological polar surface area (TPSA) is 32.7 Å². The molecule has 1 aromatic rings. The molecule has 1 aromatic carbocycles. The first kappa shape index (κ1) is 10.9. The van der Waals surface area contributed by atoms with Crippen LogP contribution >= 0.6 is 0 Å². The summed E-state index contributed by atoms with van der Waals surface area (Å²) in [5, 5.41) is 5.54. The minimum absolute atomic E-state index is 0.0334. The van der Waals surface area contributed by atoms with Gasteiger partial charge >= 0.3 is 0 Å². The summed E-state index contributed by atoms with van der Waals surface area (Å²) in [5.41, 5.74) is 2.15. The van der Waals surface area contributed by atoms with Crippen LogP contribution in [0.3, 0.4) is 0 Å². The Morgan fingerprint density at radius 3 is 2.62 bits per heavy atom. The van der Waals surface area contributed by atoms with E-state index in [1.165, 1.54) is 10.6 Å². The average Bonchev–Trinajstić information content (AvgIpc) is 2.63. The lowest BCUT2D eigenvalue weighted by atomic mass is 9.87. The number of carbonyl (C=O) groups is 1. The zero-order valence-electron chi connectivity index (χ0n) is 9.90. The van der Waals surface area contributed by atoms with Crippen molar-refractivity contribution in [1.82, 2.24) is 0 Å². The number of anilines is 1. The average molecular weight is 216 g/mol. The number of benzene rings is 1. The molecule has 3 nitrogen and oxygen atoms in total. The van der Waals surface area contributed by atoms with Gasteiger partial charge in [0, 0.05) is 6.21 Å². The van der Waals surface area contributed by atoms with Crippen LogP contribution in [0.2, 0.25) is 0 Å². The molecule has 0 fully saturated rings. The molecule has 0 spiro atoms. The Balaban J connectivity index is 2.36. The summed E-state index contributed by atoms with van der Waals surface area (Å²) in [6.07, 6.45) is 2.05. The largest absolute Gasteiger partial charge is 0.272 e. The molecule has 0 aliphatic carbocycles. The zero-order chi connectivity index (χ0) is 11.8. The number of carbonyl (C=O) groups excluding carboxylic acids is 1. The third-order valence-electron chi connectivity index (χ3n) is 2.66. The fourth-order valence-corrected chi connectivity index (χ4v) is 1.67. The molecular weight excluding hydrogens is 200 g/mol. The number of nitrogens with zero attached hydrogens (tertiary/aromatic N) is 2. The standard InChI is InChI=1S/C13H16N2O/c1-13(2,3)10-5-4-6-11(9-10)15-12(16)7-8-14-15/h4-6,8-9H,7H2,1-3H3. The molecule has 16 heavy (non-hydrogen) atoms. The highest BCUT2D eigenvalue weighted by molar-refractivity contribution is 6.05.